The van der Waals surface area contributed by atoms with Crippen molar-refractivity contribution in [3.63, 3.8) is 0 Å². The predicted molar refractivity (Wildman–Crippen MR) is 154 cm³/mol. The Labute approximate surface area is 243 Å². The molecule has 218 valence electrons. The van der Waals surface area contributed by atoms with Crippen LogP contribution in [0.5, 0.6) is 0 Å². The van der Waals surface area contributed by atoms with Gasteiger partial charge >= 0.3 is 22.2 Å². The van der Waals surface area contributed by atoms with Crippen LogP contribution in [0.25, 0.3) is 0 Å². The maximum atomic E-state index is 13.9. The van der Waals surface area contributed by atoms with Crippen molar-refractivity contribution in [1.82, 2.24) is 10.2 Å². The molecule has 2 atom stereocenters. The van der Waals surface area contributed by atoms with Crippen LogP contribution in [0.1, 0.15) is 44.9 Å². The van der Waals surface area contributed by atoms with E-state index in [0.717, 1.165) is 17.4 Å². The van der Waals surface area contributed by atoms with Gasteiger partial charge in [0.15, 0.2) is 6.10 Å². The third-order valence-corrected chi connectivity index (χ3v) is 7.82. The highest BCUT2D eigenvalue weighted by Crippen LogP contribution is 2.42. The fourth-order valence-electron chi connectivity index (χ4n) is 4.43. The number of hydrogen-bond acceptors (Lipinski definition) is 9. The molecular weight excluding hydrogens is 568 g/mol. The van der Waals surface area contributed by atoms with Gasteiger partial charge in [0.1, 0.15) is 28.5 Å². The zero-order valence-electron chi connectivity index (χ0n) is 23.3. The largest absolute Gasteiger partial charge is 0.448 e. The van der Waals surface area contributed by atoms with Gasteiger partial charge in [0.2, 0.25) is 0 Å². The van der Waals surface area contributed by atoms with E-state index in [0.29, 0.717) is 5.57 Å². The molecule has 1 N–H and O–H groups in total. The van der Waals surface area contributed by atoms with E-state index >= 15 is 0 Å². The fraction of sp³-hybridized carbons (Fsp3) is 0.345. The van der Waals surface area contributed by atoms with Gasteiger partial charge in [0.25, 0.3) is 5.91 Å². The van der Waals surface area contributed by atoms with E-state index < -0.39 is 51.2 Å². The van der Waals surface area contributed by atoms with E-state index in [1.54, 1.807) is 20.8 Å². The quantitative estimate of drug-likeness (QED) is 0.205. The summed E-state index contributed by atoms with van der Waals surface area (Å²) < 4.78 is 39.7. The molecule has 0 bridgehead atoms. The van der Waals surface area contributed by atoms with E-state index in [-0.39, 0.29) is 17.2 Å². The molecule has 4 rings (SSSR count). The van der Waals surface area contributed by atoms with Crippen molar-refractivity contribution < 1.29 is 36.5 Å². The number of esters is 1. The molecule has 0 radical (unpaired) electrons. The molecule has 12 heteroatoms. The van der Waals surface area contributed by atoms with Crippen LogP contribution in [0.2, 0.25) is 0 Å². The van der Waals surface area contributed by atoms with Gasteiger partial charge in [-0.15, -0.1) is 11.8 Å². The minimum atomic E-state index is -3.82. The Balaban J connectivity index is 1.69. The summed E-state index contributed by atoms with van der Waals surface area (Å²) in [6, 6.07) is 17.4. The van der Waals surface area contributed by atoms with Crippen LogP contribution in [0.3, 0.4) is 0 Å². The topological polar surface area (TPSA) is 128 Å². The van der Waals surface area contributed by atoms with E-state index in [1.165, 1.54) is 29.7 Å². The van der Waals surface area contributed by atoms with Gasteiger partial charge in [-0.2, -0.15) is 8.42 Å². The maximum Gasteiger partial charge on any atom is 0.408 e. The fourth-order valence-corrected chi connectivity index (χ4v) is 6.26. The Kier molecular flexibility index (Phi) is 8.83. The Hall–Kier alpha value is -3.77. The minimum Gasteiger partial charge on any atom is -0.448 e. The average molecular weight is 601 g/mol. The molecule has 0 aromatic heterocycles. The van der Waals surface area contributed by atoms with Crippen LogP contribution in [0.15, 0.2) is 83.8 Å². The number of nitrogens with zero attached hydrogens (tertiary/aromatic N) is 1. The van der Waals surface area contributed by atoms with Gasteiger partial charge in [0, 0.05) is 5.75 Å². The second-order valence-electron chi connectivity index (χ2n) is 10.6. The number of fused-ring (bicyclic) bond motifs is 1. The number of hydrogen-bond donors (Lipinski definition) is 1. The molecule has 0 spiro atoms. The van der Waals surface area contributed by atoms with Crippen molar-refractivity contribution in [2.45, 2.75) is 50.8 Å². The molecule has 0 saturated carbocycles. The molecule has 2 aromatic carbocycles. The Morgan fingerprint density at radius 1 is 1.05 bits per heavy atom. The van der Waals surface area contributed by atoms with Crippen LogP contribution < -0.4 is 5.32 Å². The summed E-state index contributed by atoms with van der Waals surface area (Å²) >= 11 is 1.31. The first-order valence-electron chi connectivity index (χ1n) is 12.8. The van der Waals surface area contributed by atoms with Gasteiger partial charge in [-0.3, -0.25) is 9.69 Å². The average Bonchev–Trinajstić information content (AvgIpc) is 2.89. The Bertz CT molecular complexity index is 1440. The molecular formula is C29H32N2O8S2. The number of rotatable bonds is 8. The normalized spacial score (nSPS) is 19.3. The van der Waals surface area contributed by atoms with Crippen molar-refractivity contribution >= 4 is 39.8 Å². The van der Waals surface area contributed by atoms with E-state index in [4.69, 9.17) is 13.7 Å². The molecule has 10 nitrogen and oxygen atoms in total. The van der Waals surface area contributed by atoms with Crippen molar-refractivity contribution in [2.75, 3.05) is 12.0 Å². The standard InChI is InChI=1S/C29H32N2O8S2/c1-18(39-41(5,35)36)16-21-17-40-26-22(30-28(34)38-29(2,3)4)25(32)31(26)23(21)27(33)37-24(19-12-8-6-9-13-19)20-14-10-7-11-15-20/h6-16,22,24,26H,17H2,1-5H3,(H,30,34)/b18-16+. The number of thioether (sulfide) groups is 1. The van der Waals surface area contributed by atoms with Crippen LogP contribution in [0.4, 0.5) is 4.79 Å². The monoisotopic (exact) mass is 600 g/mol. The third kappa shape index (κ3) is 7.50. The summed E-state index contributed by atoms with van der Waals surface area (Å²) in [5, 5.41) is 1.99. The number of carbonyl (C=O) groups excluding carboxylic acids is 3. The van der Waals surface area contributed by atoms with Crippen LogP contribution in [-0.4, -0.2) is 60.3 Å². The van der Waals surface area contributed by atoms with E-state index in [9.17, 15) is 22.8 Å². The number of alkyl carbamates (subject to hydrolysis) is 1. The number of nitrogens with one attached hydrogen (secondary N) is 1. The van der Waals surface area contributed by atoms with Crippen LogP contribution >= 0.6 is 11.8 Å². The molecule has 2 aromatic rings. The van der Waals surface area contributed by atoms with Crippen molar-refractivity contribution in [3.05, 3.63) is 94.9 Å². The smallest absolute Gasteiger partial charge is 0.408 e. The number of benzene rings is 2. The Morgan fingerprint density at radius 2 is 1.61 bits per heavy atom. The first-order chi connectivity index (χ1) is 19.2. The number of β-lactam (4-membered cyclic amide) rings is 1. The lowest BCUT2D eigenvalue weighted by molar-refractivity contribution is -0.153. The molecule has 2 amide bonds. The number of ether oxygens (including phenoxy) is 2. The van der Waals surface area contributed by atoms with Gasteiger partial charge in [0.05, 0.1) is 6.26 Å². The molecule has 2 aliphatic rings. The first-order valence-corrected chi connectivity index (χ1v) is 15.7. The van der Waals surface area contributed by atoms with Gasteiger partial charge in [-0.05, 0) is 50.5 Å². The summed E-state index contributed by atoms with van der Waals surface area (Å²) in [6.45, 7) is 6.57. The summed E-state index contributed by atoms with van der Waals surface area (Å²) in [5.41, 5.74) is 0.991. The molecule has 1 saturated heterocycles. The molecule has 2 heterocycles. The number of allylic oxidation sites excluding steroid dienone is 2. The van der Waals surface area contributed by atoms with Gasteiger partial charge < -0.3 is 19.0 Å². The van der Waals surface area contributed by atoms with Crippen LogP contribution in [0, 0.1) is 0 Å². The highest BCUT2D eigenvalue weighted by molar-refractivity contribution is 8.00. The lowest BCUT2D eigenvalue weighted by atomic mass is 10.0. The molecule has 2 aliphatic heterocycles. The van der Waals surface area contributed by atoms with Gasteiger partial charge in [-0.25, -0.2) is 9.59 Å². The third-order valence-electron chi connectivity index (χ3n) is 5.95. The number of carbonyl (C=O) groups is 3. The van der Waals surface area contributed by atoms with E-state index in [1.807, 2.05) is 60.7 Å². The molecule has 1 fully saturated rings. The predicted octanol–water partition coefficient (Wildman–Crippen LogP) is 4.26. The summed E-state index contributed by atoms with van der Waals surface area (Å²) in [7, 11) is -3.82. The SMILES string of the molecule is C/C(=C\C1=C(C(=O)OC(c2ccccc2)c2ccccc2)N2C(=O)C(NC(=O)OC(C)(C)C)C2SC1)OS(C)(=O)=O. The molecule has 0 aliphatic carbocycles. The van der Waals surface area contributed by atoms with Crippen LogP contribution in [-0.2, 0) is 33.4 Å². The first kappa shape index (κ1) is 30.2. The highest BCUT2D eigenvalue weighted by Gasteiger charge is 2.55. The zero-order valence-corrected chi connectivity index (χ0v) is 25.0. The van der Waals surface area contributed by atoms with Crippen molar-refractivity contribution in [3.8, 4) is 0 Å². The molecule has 41 heavy (non-hydrogen) atoms. The second-order valence-corrected chi connectivity index (χ2v) is 13.2. The minimum absolute atomic E-state index is 0.0194. The van der Waals surface area contributed by atoms with Gasteiger partial charge in [-0.1, -0.05) is 60.7 Å². The highest BCUT2D eigenvalue weighted by atomic mass is 32.2. The van der Waals surface area contributed by atoms with E-state index in [2.05, 4.69) is 5.32 Å². The molecule has 2 unspecified atom stereocenters. The summed E-state index contributed by atoms with van der Waals surface area (Å²) in [4.78, 5) is 40.9. The summed E-state index contributed by atoms with van der Waals surface area (Å²) in [5.74, 6) is -1.07. The maximum absolute atomic E-state index is 13.9. The Morgan fingerprint density at radius 3 is 2.12 bits per heavy atom. The lowest BCUT2D eigenvalue weighted by Crippen LogP contribution is -2.70. The lowest BCUT2D eigenvalue weighted by Gasteiger charge is -2.49. The van der Waals surface area contributed by atoms with Crippen molar-refractivity contribution in [1.29, 1.82) is 0 Å². The zero-order chi connectivity index (χ0) is 29.9. The van der Waals surface area contributed by atoms with Crippen molar-refractivity contribution in [2.24, 2.45) is 0 Å². The second kappa shape index (κ2) is 12.0. The summed E-state index contributed by atoms with van der Waals surface area (Å²) in [6.07, 6.45) is 0.787. The number of amides is 2.